The van der Waals surface area contributed by atoms with E-state index >= 15 is 0 Å². The highest BCUT2D eigenvalue weighted by atomic mass is 35.5. The van der Waals surface area contributed by atoms with Gasteiger partial charge in [0.25, 0.3) is 0 Å². The minimum absolute atomic E-state index is 0.173. The Bertz CT molecular complexity index is 337. The molecule has 1 atom stereocenters. The number of aliphatic hydroxyl groups is 1. The van der Waals surface area contributed by atoms with E-state index in [0.717, 1.165) is 5.56 Å². The standard InChI is InChI=1S/C11H16ClNO2/c1-3-11(14,7-13)8-4-5-10(15-2)9(12)6-8/h4-6,14H,3,7,13H2,1-2H3. The number of rotatable bonds is 4. The van der Waals surface area contributed by atoms with Gasteiger partial charge in [0.15, 0.2) is 0 Å². The zero-order valence-corrected chi connectivity index (χ0v) is 9.71. The summed E-state index contributed by atoms with van der Waals surface area (Å²) in [5.41, 5.74) is 5.26. The maximum absolute atomic E-state index is 10.2. The van der Waals surface area contributed by atoms with Crippen LogP contribution in [0, 0.1) is 0 Å². The Hall–Kier alpha value is -0.770. The molecule has 0 fully saturated rings. The Balaban J connectivity index is 3.11. The Morgan fingerprint density at radius 1 is 1.53 bits per heavy atom. The van der Waals surface area contributed by atoms with Crippen molar-refractivity contribution in [3.8, 4) is 5.75 Å². The number of methoxy groups -OCH3 is 1. The van der Waals surface area contributed by atoms with Gasteiger partial charge in [-0.3, -0.25) is 0 Å². The van der Waals surface area contributed by atoms with Crippen molar-refractivity contribution in [3.05, 3.63) is 28.8 Å². The van der Waals surface area contributed by atoms with Crippen LogP contribution in [0.15, 0.2) is 18.2 Å². The van der Waals surface area contributed by atoms with Crippen LogP contribution in [0.3, 0.4) is 0 Å². The van der Waals surface area contributed by atoms with Gasteiger partial charge in [0.1, 0.15) is 11.4 Å². The van der Waals surface area contributed by atoms with E-state index in [1.54, 1.807) is 25.3 Å². The van der Waals surface area contributed by atoms with Gasteiger partial charge < -0.3 is 15.6 Å². The van der Waals surface area contributed by atoms with Gasteiger partial charge in [-0.1, -0.05) is 24.6 Å². The van der Waals surface area contributed by atoms with Crippen LogP contribution < -0.4 is 10.5 Å². The molecular formula is C11H16ClNO2. The molecular weight excluding hydrogens is 214 g/mol. The summed E-state index contributed by atoms with van der Waals surface area (Å²) >= 11 is 5.97. The SMILES string of the molecule is CCC(O)(CN)c1ccc(OC)c(Cl)c1. The molecule has 0 radical (unpaired) electrons. The third-order valence-electron chi connectivity index (χ3n) is 2.61. The molecule has 0 aromatic heterocycles. The van der Waals surface area contributed by atoms with Crippen molar-refractivity contribution >= 4 is 11.6 Å². The van der Waals surface area contributed by atoms with Crippen molar-refractivity contribution in [2.45, 2.75) is 18.9 Å². The van der Waals surface area contributed by atoms with Gasteiger partial charge in [-0.15, -0.1) is 0 Å². The van der Waals surface area contributed by atoms with Gasteiger partial charge in [-0.05, 0) is 24.1 Å². The molecule has 1 aromatic carbocycles. The maximum Gasteiger partial charge on any atom is 0.137 e. The second-order valence-corrected chi connectivity index (χ2v) is 3.85. The van der Waals surface area contributed by atoms with Gasteiger partial charge in [0, 0.05) is 6.54 Å². The molecule has 0 bridgehead atoms. The van der Waals surface area contributed by atoms with Crippen molar-refractivity contribution in [1.29, 1.82) is 0 Å². The van der Waals surface area contributed by atoms with Crippen LogP contribution in [0.4, 0.5) is 0 Å². The molecule has 0 aliphatic carbocycles. The summed E-state index contributed by atoms with van der Waals surface area (Å²) in [7, 11) is 1.55. The molecule has 1 unspecified atom stereocenters. The van der Waals surface area contributed by atoms with E-state index in [0.29, 0.717) is 17.2 Å². The van der Waals surface area contributed by atoms with Crippen LogP contribution in [-0.4, -0.2) is 18.8 Å². The predicted molar refractivity (Wildman–Crippen MR) is 61.2 cm³/mol. The molecule has 4 heteroatoms. The third-order valence-corrected chi connectivity index (χ3v) is 2.91. The lowest BCUT2D eigenvalue weighted by molar-refractivity contribution is 0.0418. The topological polar surface area (TPSA) is 55.5 Å². The first-order valence-electron chi connectivity index (χ1n) is 4.84. The molecule has 0 spiro atoms. The Kier molecular flexibility index (Phi) is 3.97. The molecule has 0 saturated carbocycles. The molecule has 1 rings (SSSR count). The first-order chi connectivity index (χ1) is 7.07. The lowest BCUT2D eigenvalue weighted by Gasteiger charge is -2.25. The number of halogens is 1. The minimum atomic E-state index is -1.00. The molecule has 1 aromatic rings. The molecule has 0 aliphatic heterocycles. The zero-order valence-electron chi connectivity index (χ0n) is 8.96. The quantitative estimate of drug-likeness (QED) is 0.829. The number of hydrogen-bond acceptors (Lipinski definition) is 3. The van der Waals surface area contributed by atoms with Gasteiger partial charge in [0.05, 0.1) is 12.1 Å². The van der Waals surface area contributed by atoms with Crippen LogP contribution in [0.5, 0.6) is 5.75 Å². The minimum Gasteiger partial charge on any atom is -0.495 e. The highest BCUT2D eigenvalue weighted by Crippen LogP contribution is 2.31. The van der Waals surface area contributed by atoms with E-state index in [4.69, 9.17) is 22.1 Å². The van der Waals surface area contributed by atoms with Crippen LogP contribution in [0.1, 0.15) is 18.9 Å². The largest absolute Gasteiger partial charge is 0.495 e. The van der Waals surface area contributed by atoms with Crippen LogP contribution >= 0.6 is 11.6 Å². The van der Waals surface area contributed by atoms with Crippen molar-refractivity contribution in [1.82, 2.24) is 0 Å². The van der Waals surface area contributed by atoms with Crippen LogP contribution in [0.25, 0.3) is 0 Å². The zero-order chi connectivity index (χ0) is 11.5. The fourth-order valence-corrected chi connectivity index (χ4v) is 1.68. The molecule has 3 nitrogen and oxygen atoms in total. The van der Waals surface area contributed by atoms with E-state index < -0.39 is 5.60 Å². The fraction of sp³-hybridized carbons (Fsp3) is 0.455. The summed E-state index contributed by atoms with van der Waals surface area (Å²) < 4.78 is 5.04. The monoisotopic (exact) mass is 229 g/mol. The lowest BCUT2D eigenvalue weighted by Crippen LogP contribution is -2.34. The normalized spacial score (nSPS) is 14.7. The van der Waals surface area contributed by atoms with Crippen molar-refractivity contribution in [2.75, 3.05) is 13.7 Å². The smallest absolute Gasteiger partial charge is 0.137 e. The summed E-state index contributed by atoms with van der Waals surface area (Å²) in [4.78, 5) is 0. The number of hydrogen-bond donors (Lipinski definition) is 2. The summed E-state index contributed by atoms with van der Waals surface area (Å²) in [6, 6.07) is 5.20. The van der Waals surface area contributed by atoms with E-state index in [2.05, 4.69) is 0 Å². The molecule has 84 valence electrons. The van der Waals surface area contributed by atoms with Gasteiger partial charge in [0.2, 0.25) is 0 Å². The van der Waals surface area contributed by atoms with E-state index in [1.807, 2.05) is 6.92 Å². The molecule has 0 heterocycles. The van der Waals surface area contributed by atoms with Crippen LogP contribution in [0.2, 0.25) is 5.02 Å². The molecule has 0 saturated heterocycles. The molecule has 15 heavy (non-hydrogen) atoms. The Labute approximate surface area is 94.8 Å². The predicted octanol–water partition coefficient (Wildman–Crippen LogP) is 1.90. The van der Waals surface area contributed by atoms with Crippen molar-refractivity contribution in [2.24, 2.45) is 5.73 Å². The second-order valence-electron chi connectivity index (χ2n) is 3.44. The average molecular weight is 230 g/mol. The molecule has 0 amide bonds. The summed E-state index contributed by atoms with van der Waals surface area (Å²) in [6.45, 7) is 2.05. The average Bonchev–Trinajstić information content (AvgIpc) is 2.28. The Morgan fingerprint density at radius 2 is 2.20 bits per heavy atom. The van der Waals surface area contributed by atoms with Gasteiger partial charge in [-0.25, -0.2) is 0 Å². The van der Waals surface area contributed by atoms with Crippen molar-refractivity contribution in [3.63, 3.8) is 0 Å². The fourth-order valence-electron chi connectivity index (χ4n) is 1.42. The lowest BCUT2D eigenvalue weighted by atomic mass is 9.91. The first-order valence-corrected chi connectivity index (χ1v) is 5.21. The summed E-state index contributed by atoms with van der Waals surface area (Å²) in [5.74, 6) is 0.593. The summed E-state index contributed by atoms with van der Waals surface area (Å²) in [6.07, 6.45) is 0.548. The second kappa shape index (κ2) is 4.84. The number of ether oxygens (including phenoxy) is 1. The summed E-state index contributed by atoms with van der Waals surface area (Å²) in [5, 5.41) is 10.6. The van der Waals surface area contributed by atoms with E-state index in [-0.39, 0.29) is 6.54 Å². The first kappa shape index (κ1) is 12.3. The van der Waals surface area contributed by atoms with Gasteiger partial charge >= 0.3 is 0 Å². The molecule has 0 aliphatic rings. The van der Waals surface area contributed by atoms with E-state index in [1.165, 1.54) is 0 Å². The highest BCUT2D eigenvalue weighted by Gasteiger charge is 2.25. The van der Waals surface area contributed by atoms with Crippen LogP contribution in [-0.2, 0) is 5.60 Å². The van der Waals surface area contributed by atoms with Gasteiger partial charge in [-0.2, -0.15) is 0 Å². The molecule has 3 N–H and O–H groups in total. The number of benzene rings is 1. The van der Waals surface area contributed by atoms with E-state index in [9.17, 15) is 5.11 Å². The number of nitrogens with two attached hydrogens (primary N) is 1. The Morgan fingerprint density at radius 3 is 2.60 bits per heavy atom. The maximum atomic E-state index is 10.2. The highest BCUT2D eigenvalue weighted by molar-refractivity contribution is 6.32. The van der Waals surface area contributed by atoms with Crippen molar-refractivity contribution < 1.29 is 9.84 Å². The third kappa shape index (κ3) is 2.43.